The second-order valence-corrected chi connectivity index (χ2v) is 31.7. The fourth-order valence-corrected chi connectivity index (χ4v) is 14.2. The van der Waals surface area contributed by atoms with Crippen LogP contribution in [0.4, 0.5) is 0 Å². The molecule has 26 heteroatoms. The molecule has 1 aliphatic carbocycles. The van der Waals surface area contributed by atoms with Crippen molar-refractivity contribution in [1.29, 1.82) is 0 Å². The summed E-state index contributed by atoms with van der Waals surface area (Å²) in [6.45, 7) is 12.4. The number of carbonyl (C=O) groups excluding carboxylic acids is 3. The number of pyridine rings is 1. The van der Waals surface area contributed by atoms with Crippen molar-refractivity contribution in [3.8, 4) is 33.8 Å². The lowest BCUT2D eigenvalue weighted by atomic mass is 10.1. The lowest BCUT2D eigenvalue weighted by Crippen LogP contribution is -2.27. The fourth-order valence-electron chi connectivity index (χ4n) is 10.7. The summed E-state index contributed by atoms with van der Waals surface area (Å²) in [6, 6.07) is 38.9. The van der Waals surface area contributed by atoms with Gasteiger partial charge in [0.05, 0.1) is 101 Å². The van der Waals surface area contributed by atoms with Crippen molar-refractivity contribution in [3.05, 3.63) is 226 Å². The number of carbonyl (C=O) groups is 3. The number of rotatable bonds is 17. The molecule has 22 nitrogen and oxygen atoms in total. The molecule has 1 atom stereocenters. The van der Waals surface area contributed by atoms with Gasteiger partial charge in [-0.1, -0.05) is 90.5 Å². The van der Waals surface area contributed by atoms with Crippen LogP contribution in [0.5, 0.6) is 0 Å². The van der Waals surface area contributed by atoms with E-state index in [1.54, 1.807) is 164 Å². The molecule has 0 radical (unpaired) electrons. The number of aromatic nitrogens is 10. The SMILES string of the molecule is CC(C)S(=O)(=O)c1ccc(-c2cnc3[nH]cc(C(=O)NC4CCc5ccccc54)c3n2)cc1.CC(C)S(=O)(=O)c1ccc(-c2cnc3[nH]cc(C(=O)NCc4ccccn4)c3n2)cc1.Cc1cccc(Cl)c1CNC(=O)c1c[nH]c2ncc(-c3ccc(S(=O)(=O)C(C)C)cc3)nc12. The first kappa shape index (κ1) is 68.1. The van der Waals surface area contributed by atoms with Crippen LogP contribution < -0.4 is 16.0 Å². The molecule has 0 fully saturated rings. The Balaban J connectivity index is 0.000000148. The van der Waals surface area contributed by atoms with Crippen LogP contribution in [0.1, 0.15) is 113 Å². The summed E-state index contributed by atoms with van der Waals surface area (Å²) in [5, 5.41) is 7.95. The van der Waals surface area contributed by atoms with Gasteiger partial charge >= 0.3 is 0 Å². The van der Waals surface area contributed by atoms with Crippen molar-refractivity contribution in [1.82, 2.24) is 65.8 Å². The normalized spacial score (nSPS) is 13.1. The molecule has 97 heavy (non-hydrogen) atoms. The third kappa shape index (κ3) is 14.7. The molecule has 0 aliphatic heterocycles. The third-order valence-electron chi connectivity index (χ3n) is 16.5. The van der Waals surface area contributed by atoms with Crippen LogP contribution in [0, 0.1) is 6.92 Å². The Bertz CT molecular complexity index is 5260. The molecular weight excluding hydrogens is 1310 g/mol. The van der Waals surface area contributed by atoms with Crippen molar-refractivity contribution in [2.75, 3.05) is 0 Å². The molecule has 0 spiro atoms. The van der Waals surface area contributed by atoms with Crippen LogP contribution in [-0.4, -0.2) is 109 Å². The number of hydrogen-bond acceptors (Lipinski definition) is 16. The van der Waals surface area contributed by atoms with E-state index in [0.29, 0.717) is 90.0 Å². The van der Waals surface area contributed by atoms with Crippen LogP contribution in [0.2, 0.25) is 5.02 Å². The maximum atomic E-state index is 13.1. The van der Waals surface area contributed by atoms with Crippen LogP contribution in [0.25, 0.3) is 67.3 Å². The molecule has 0 bridgehead atoms. The van der Waals surface area contributed by atoms with Crippen LogP contribution >= 0.6 is 11.6 Å². The Hall–Kier alpha value is -10.3. The highest BCUT2D eigenvalue weighted by Gasteiger charge is 2.27. The summed E-state index contributed by atoms with van der Waals surface area (Å²) >= 11 is 6.26. The number of aromatic amines is 3. The summed E-state index contributed by atoms with van der Waals surface area (Å²) in [5.41, 5.74) is 12.8. The number of amides is 3. The van der Waals surface area contributed by atoms with E-state index in [1.165, 1.54) is 5.56 Å². The largest absolute Gasteiger partial charge is 0.348 e. The quantitative estimate of drug-likeness (QED) is 0.0493. The Morgan fingerprint density at radius 3 is 1.32 bits per heavy atom. The molecule has 12 aromatic rings. The molecule has 5 aromatic carbocycles. The van der Waals surface area contributed by atoms with Gasteiger partial charge in [0, 0.05) is 53.0 Å². The topological polar surface area (TPSA) is 327 Å². The average molecular weight is 1380 g/mol. The average Bonchev–Trinajstić information content (AvgIpc) is 1.78. The highest BCUT2D eigenvalue weighted by molar-refractivity contribution is 7.92. The minimum absolute atomic E-state index is 0.0229. The molecule has 0 saturated heterocycles. The second kappa shape index (κ2) is 28.5. The van der Waals surface area contributed by atoms with Crippen molar-refractivity contribution < 1.29 is 39.6 Å². The minimum Gasteiger partial charge on any atom is -0.348 e. The fraction of sp³-hybridized carbons (Fsp3) is 0.211. The monoisotopic (exact) mass is 1380 g/mol. The van der Waals surface area contributed by atoms with Gasteiger partial charge in [-0.05, 0) is 138 Å². The summed E-state index contributed by atoms with van der Waals surface area (Å²) in [4.78, 5) is 79.6. The van der Waals surface area contributed by atoms with Crippen molar-refractivity contribution in [2.45, 2.75) is 111 Å². The van der Waals surface area contributed by atoms with Gasteiger partial charge in [-0.2, -0.15) is 0 Å². The summed E-state index contributed by atoms with van der Waals surface area (Å²) in [7, 11) is -10.1. The van der Waals surface area contributed by atoms with Crippen LogP contribution in [0.3, 0.4) is 0 Å². The molecule has 1 unspecified atom stereocenters. The summed E-state index contributed by atoms with van der Waals surface area (Å²) in [6.07, 6.45) is 13.0. The van der Waals surface area contributed by atoms with E-state index in [2.05, 4.69) is 77.9 Å². The second-order valence-electron chi connectivity index (χ2n) is 23.8. The molecule has 496 valence electrons. The maximum absolute atomic E-state index is 13.1. The van der Waals surface area contributed by atoms with E-state index in [4.69, 9.17) is 11.6 Å². The number of halogens is 1. The molecule has 0 saturated carbocycles. The molecule has 1 aliphatic rings. The maximum Gasteiger partial charge on any atom is 0.255 e. The van der Waals surface area contributed by atoms with Gasteiger partial charge in [-0.15, -0.1) is 0 Å². The number of nitrogens with one attached hydrogen (secondary N) is 6. The van der Waals surface area contributed by atoms with Gasteiger partial charge in [0.1, 0.15) is 16.6 Å². The van der Waals surface area contributed by atoms with E-state index in [-0.39, 0.29) is 45.0 Å². The Labute approximate surface area is 565 Å². The lowest BCUT2D eigenvalue weighted by molar-refractivity contribution is 0.0933. The number of hydrogen-bond donors (Lipinski definition) is 6. The van der Waals surface area contributed by atoms with Crippen LogP contribution in [0.15, 0.2) is 192 Å². The first-order chi connectivity index (χ1) is 46.4. The van der Waals surface area contributed by atoms with Gasteiger partial charge in [0.2, 0.25) is 0 Å². The lowest BCUT2D eigenvalue weighted by Gasteiger charge is -2.13. The number of H-pyrrole nitrogens is 3. The Kier molecular flexibility index (Phi) is 20.0. The minimum atomic E-state index is -3.36. The first-order valence-electron chi connectivity index (χ1n) is 31.0. The molecule has 7 aromatic heterocycles. The predicted molar refractivity (Wildman–Crippen MR) is 373 cm³/mol. The zero-order valence-electron chi connectivity index (χ0n) is 53.8. The van der Waals surface area contributed by atoms with E-state index >= 15 is 0 Å². The van der Waals surface area contributed by atoms with Crippen molar-refractivity contribution in [3.63, 3.8) is 0 Å². The van der Waals surface area contributed by atoms with E-state index in [9.17, 15) is 39.6 Å². The highest BCUT2D eigenvalue weighted by Crippen LogP contribution is 2.33. The van der Waals surface area contributed by atoms with Crippen molar-refractivity contribution in [2.24, 2.45) is 0 Å². The Morgan fingerprint density at radius 1 is 0.495 bits per heavy atom. The zero-order chi connectivity index (χ0) is 68.9. The smallest absolute Gasteiger partial charge is 0.255 e. The standard InChI is InChI=1S/C25H24N4O3S.C24H23ClN4O3S.C22H21N5O3S/c1-15(2)33(31,32)18-10-7-17(8-11-18)22-14-27-24-23(28-22)20(13-26-24)25(30)29-21-12-9-16-5-3-4-6-19(16)21;1-14(2)33(31,32)17-9-7-16(8-10-17)21-13-27-23-22(29-21)19(12-26-23)24(30)28-11-18-15(3)5-4-6-20(18)25;1-14(2)31(29,30)17-8-6-15(7-9-17)19-13-25-21-20(27-19)18(12-24-21)22(28)26-11-16-5-3-4-10-23-16/h3-8,10-11,13-15,21H,9,12H2,1-2H3,(H,26,27)(H,29,30);4-10,12-14H,11H2,1-3H3,(H,26,27)(H,28,30);3-10,12-14H,11H2,1-2H3,(H,24,25)(H,26,28). The molecule has 3 amide bonds. The molecule has 13 rings (SSSR count). The van der Waals surface area contributed by atoms with Gasteiger partial charge in [-0.3, -0.25) is 19.4 Å². The third-order valence-corrected chi connectivity index (χ3v) is 23.4. The predicted octanol–water partition coefficient (Wildman–Crippen LogP) is 12.1. The number of benzene rings is 5. The first-order valence-corrected chi connectivity index (χ1v) is 36.0. The van der Waals surface area contributed by atoms with E-state index in [0.717, 1.165) is 40.8 Å². The summed E-state index contributed by atoms with van der Waals surface area (Å²) in [5.74, 6) is -0.792. The van der Waals surface area contributed by atoms with Gasteiger partial charge < -0.3 is 30.9 Å². The zero-order valence-corrected chi connectivity index (χ0v) is 57.0. The van der Waals surface area contributed by atoms with Gasteiger partial charge in [0.15, 0.2) is 46.5 Å². The number of nitrogens with zero attached hydrogens (tertiary/aromatic N) is 7. The van der Waals surface area contributed by atoms with E-state index < -0.39 is 45.3 Å². The summed E-state index contributed by atoms with van der Waals surface area (Å²) < 4.78 is 74.1. The van der Waals surface area contributed by atoms with Gasteiger partial charge in [-0.25, -0.2) is 55.2 Å². The Morgan fingerprint density at radius 2 is 0.907 bits per heavy atom. The number of fused-ring (bicyclic) bond motifs is 4. The van der Waals surface area contributed by atoms with Crippen molar-refractivity contribution >= 4 is 92.3 Å². The molecule has 6 N–H and O–H groups in total. The molecule has 7 heterocycles. The van der Waals surface area contributed by atoms with Crippen LogP contribution in [-0.2, 0) is 49.0 Å². The number of aryl methyl sites for hydroxylation is 2. The van der Waals surface area contributed by atoms with E-state index in [1.807, 2.05) is 49.4 Å². The van der Waals surface area contributed by atoms with Gasteiger partial charge in [0.25, 0.3) is 17.7 Å². The number of sulfone groups is 3. The highest BCUT2D eigenvalue weighted by atomic mass is 35.5. The molecular formula is C71H68ClN13O9S3.